The molecule has 0 amide bonds. The van der Waals surface area contributed by atoms with Gasteiger partial charge in [-0.3, -0.25) is 15.5 Å². The molecule has 150 valence electrons. The highest BCUT2D eigenvalue weighted by atomic mass is 32.2. The third-order valence-corrected chi connectivity index (χ3v) is 5.20. The Morgan fingerprint density at radius 1 is 1.10 bits per heavy atom. The summed E-state index contributed by atoms with van der Waals surface area (Å²) in [5.74, 6) is 0.750. The number of hydrazone groups is 1. The Morgan fingerprint density at radius 3 is 2.38 bits per heavy atom. The van der Waals surface area contributed by atoms with E-state index in [0.29, 0.717) is 22.8 Å². The zero-order valence-electron chi connectivity index (χ0n) is 15.6. The highest BCUT2D eigenvalue weighted by molar-refractivity contribution is 7.89. The van der Waals surface area contributed by atoms with E-state index in [2.05, 4.69) is 10.5 Å². The Morgan fingerprint density at radius 2 is 1.76 bits per heavy atom. The number of rotatable bonds is 6. The lowest BCUT2D eigenvalue weighted by atomic mass is 10.0. The van der Waals surface area contributed by atoms with Crippen molar-refractivity contribution in [1.82, 2.24) is 0 Å². The van der Waals surface area contributed by atoms with E-state index in [1.54, 1.807) is 18.2 Å². The summed E-state index contributed by atoms with van der Waals surface area (Å²) in [5.41, 5.74) is 5.39. The van der Waals surface area contributed by atoms with Crippen molar-refractivity contribution in [3.05, 3.63) is 75.5 Å². The molecular weight excluding hydrogens is 396 g/mol. The molecule has 0 aliphatic heterocycles. The normalized spacial score (nSPS) is 11.7. The van der Waals surface area contributed by atoms with E-state index in [1.165, 1.54) is 36.5 Å². The van der Waals surface area contributed by atoms with E-state index in [9.17, 15) is 18.5 Å². The van der Waals surface area contributed by atoms with Gasteiger partial charge in [-0.25, -0.2) is 13.6 Å². The second kappa shape index (κ2) is 7.86. The van der Waals surface area contributed by atoms with Crippen LogP contribution in [-0.2, 0) is 10.0 Å². The van der Waals surface area contributed by atoms with Crippen LogP contribution >= 0.6 is 0 Å². The van der Waals surface area contributed by atoms with Gasteiger partial charge in [0.25, 0.3) is 5.69 Å². The highest BCUT2D eigenvalue weighted by Gasteiger charge is 2.19. The smallest absolute Gasteiger partial charge is 0.280 e. The fourth-order valence-corrected chi connectivity index (χ4v) is 3.12. The molecule has 3 N–H and O–H groups in total. The molecule has 1 aromatic heterocycles. The van der Waals surface area contributed by atoms with Crippen molar-refractivity contribution in [3.8, 4) is 11.3 Å². The van der Waals surface area contributed by atoms with Crippen LogP contribution in [0.15, 0.2) is 62.9 Å². The number of hydrogen-bond acceptors (Lipinski definition) is 7. The van der Waals surface area contributed by atoms with E-state index in [1.807, 2.05) is 13.8 Å². The third-order valence-electron chi connectivity index (χ3n) is 4.27. The molecule has 0 unspecified atom stereocenters. The zero-order valence-corrected chi connectivity index (χ0v) is 16.4. The van der Waals surface area contributed by atoms with Crippen molar-refractivity contribution in [3.63, 3.8) is 0 Å². The Labute approximate surface area is 167 Å². The van der Waals surface area contributed by atoms with Crippen molar-refractivity contribution < 1.29 is 17.8 Å². The van der Waals surface area contributed by atoms with Crippen LogP contribution in [0, 0.1) is 24.0 Å². The predicted octanol–water partition coefficient (Wildman–Crippen LogP) is 3.57. The number of nitrogens with two attached hydrogens (primary N) is 1. The predicted molar refractivity (Wildman–Crippen MR) is 109 cm³/mol. The number of nitro benzene ring substituents is 1. The van der Waals surface area contributed by atoms with Crippen molar-refractivity contribution >= 4 is 27.6 Å². The maximum Gasteiger partial charge on any atom is 0.280 e. The summed E-state index contributed by atoms with van der Waals surface area (Å²) in [4.78, 5) is 10.9. The first-order valence-electron chi connectivity index (χ1n) is 8.43. The lowest BCUT2D eigenvalue weighted by Gasteiger charge is -2.04. The standard InChI is InChI=1S/C19H18N4O5S/c1-12-9-17(18(23(24)25)10-13(12)2)19-8-5-15(28-19)11-21-22-14-3-6-16(7-4-14)29(20,26)27/h3-11,22H,1-2H3,(H2,20,26,27). The van der Waals surface area contributed by atoms with Gasteiger partial charge in [0.1, 0.15) is 11.5 Å². The Kier molecular flexibility index (Phi) is 5.48. The molecule has 3 aromatic rings. The molecular formula is C19H18N4O5S. The minimum absolute atomic E-state index is 0.00214. The van der Waals surface area contributed by atoms with Crippen LogP contribution in [0.3, 0.4) is 0 Å². The molecule has 3 rings (SSSR count). The van der Waals surface area contributed by atoms with Crippen molar-refractivity contribution in [2.75, 3.05) is 5.43 Å². The molecule has 29 heavy (non-hydrogen) atoms. The van der Waals surface area contributed by atoms with Crippen LogP contribution in [0.2, 0.25) is 0 Å². The van der Waals surface area contributed by atoms with Gasteiger partial charge in [0.15, 0.2) is 0 Å². The first kappa shape index (κ1) is 20.2. The minimum atomic E-state index is -3.75. The quantitative estimate of drug-likeness (QED) is 0.359. The number of nitrogens with zero attached hydrogens (tertiary/aromatic N) is 2. The fraction of sp³-hybridized carbons (Fsp3) is 0.105. The molecule has 0 atom stereocenters. The monoisotopic (exact) mass is 414 g/mol. The largest absolute Gasteiger partial charge is 0.455 e. The molecule has 0 aliphatic rings. The van der Waals surface area contributed by atoms with Gasteiger partial charge in [-0.15, -0.1) is 0 Å². The average molecular weight is 414 g/mol. The van der Waals surface area contributed by atoms with Crippen LogP contribution in [0.1, 0.15) is 16.9 Å². The van der Waals surface area contributed by atoms with Gasteiger partial charge in [0.2, 0.25) is 10.0 Å². The number of furan rings is 1. The van der Waals surface area contributed by atoms with E-state index >= 15 is 0 Å². The Hall–Kier alpha value is -3.50. The molecule has 0 saturated carbocycles. The molecule has 2 aromatic carbocycles. The minimum Gasteiger partial charge on any atom is -0.455 e. The summed E-state index contributed by atoms with van der Waals surface area (Å²) in [5, 5.41) is 20.4. The molecule has 0 aliphatic carbocycles. The molecule has 10 heteroatoms. The molecule has 0 fully saturated rings. The number of anilines is 1. The second-order valence-electron chi connectivity index (χ2n) is 6.35. The summed E-state index contributed by atoms with van der Waals surface area (Å²) >= 11 is 0. The maximum absolute atomic E-state index is 11.4. The third kappa shape index (κ3) is 4.68. The number of primary sulfonamides is 1. The van der Waals surface area contributed by atoms with Gasteiger partial charge in [-0.05, 0) is 67.4 Å². The number of nitrogens with one attached hydrogen (secondary N) is 1. The van der Waals surface area contributed by atoms with E-state index in [-0.39, 0.29) is 10.6 Å². The van der Waals surface area contributed by atoms with Crippen molar-refractivity contribution in [2.45, 2.75) is 18.7 Å². The van der Waals surface area contributed by atoms with Crippen LogP contribution in [0.25, 0.3) is 11.3 Å². The highest BCUT2D eigenvalue weighted by Crippen LogP contribution is 2.33. The summed E-state index contributed by atoms with van der Waals surface area (Å²) in [6.07, 6.45) is 1.41. The molecule has 0 saturated heterocycles. The lowest BCUT2D eigenvalue weighted by molar-refractivity contribution is -0.384. The summed E-state index contributed by atoms with van der Waals surface area (Å²) < 4.78 is 28.2. The lowest BCUT2D eigenvalue weighted by Crippen LogP contribution is -2.11. The van der Waals surface area contributed by atoms with Crippen LogP contribution < -0.4 is 10.6 Å². The van der Waals surface area contributed by atoms with Gasteiger partial charge < -0.3 is 4.42 Å². The number of hydrogen-bond donors (Lipinski definition) is 2. The van der Waals surface area contributed by atoms with Crippen molar-refractivity contribution in [1.29, 1.82) is 0 Å². The molecule has 0 spiro atoms. The van der Waals surface area contributed by atoms with Crippen LogP contribution in [-0.4, -0.2) is 19.6 Å². The van der Waals surface area contributed by atoms with Gasteiger partial charge in [0, 0.05) is 6.07 Å². The summed E-state index contributed by atoms with van der Waals surface area (Å²) in [6.45, 7) is 3.69. The molecule has 0 radical (unpaired) electrons. The van der Waals surface area contributed by atoms with E-state index in [4.69, 9.17) is 9.56 Å². The zero-order chi connectivity index (χ0) is 21.2. The molecule has 0 bridgehead atoms. The first-order valence-corrected chi connectivity index (χ1v) is 9.97. The number of sulfonamides is 1. The van der Waals surface area contributed by atoms with Gasteiger partial charge in [-0.1, -0.05) is 0 Å². The van der Waals surface area contributed by atoms with Gasteiger partial charge in [0.05, 0.1) is 27.3 Å². The SMILES string of the molecule is Cc1cc(-c2ccc(C=NNc3ccc(S(N)(=O)=O)cc3)o2)c([N+](=O)[O-])cc1C. The van der Waals surface area contributed by atoms with Crippen LogP contribution in [0.4, 0.5) is 11.4 Å². The Balaban J connectivity index is 1.77. The number of aryl methyl sites for hydroxylation is 2. The number of nitro groups is 1. The number of benzene rings is 2. The molecule has 1 heterocycles. The first-order chi connectivity index (χ1) is 13.6. The van der Waals surface area contributed by atoms with Gasteiger partial charge in [-0.2, -0.15) is 5.10 Å². The van der Waals surface area contributed by atoms with E-state index in [0.717, 1.165) is 11.1 Å². The maximum atomic E-state index is 11.4. The molecule has 9 nitrogen and oxygen atoms in total. The average Bonchev–Trinajstić information content (AvgIpc) is 3.12. The van der Waals surface area contributed by atoms with Gasteiger partial charge >= 0.3 is 0 Å². The van der Waals surface area contributed by atoms with Crippen LogP contribution in [0.5, 0.6) is 0 Å². The Bertz CT molecular complexity index is 1200. The second-order valence-corrected chi connectivity index (χ2v) is 7.91. The van der Waals surface area contributed by atoms with Crippen molar-refractivity contribution in [2.24, 2.45) is 10.2 Å². The summed E-state index contributed by atoms with van der Waals surface area (Å²) in [6, 6.07) is 12.3. The fourth-order valence-electron chi connectivity index (χ4n) is 2.61. The summed E-state index contributed by atoms with van der Waals surface area (Å²) in [7, 11) is -3.75. The van der Waals surface area contributed by atoms with E-state index < -0.39 is 14.9 Å². The topological polar surface area (TPSA) is 141 Å².